The third-order valence-electron chi connectivity index (χ3n) is 4.76. The molecule has 2 N–H and O–H groups in total. The van der Waals surface area contributed by atoms with Gasteiger partial charge in [-0.05, 0) is 18.8 Å². The van der Waals surface area contributed by atoms with Crippen molar-refractivity contribution in [1.29, 1.82) is 0 Å². The van der Waals surface area contributed by atoms with Crippen LogP contribution >= 0.6 is 0 Å². The third kappa shape index (κ3) is 2.86. The van der Waals surface area contributed by atoms with Crippen molar-refractivity contribution in [2.45, 2.75) is 51.6 Å². The number of hydrogen-bond donors (Lipinski definition) is 1. The molecule has 1 saturated carbocycles. The predicted octanol–water partition coefficient (Wildman–Crippen LogP) is 1.06. The molecule has 0 aromatic rings. The molecule has 18 heavy (non-hydrogen) atoms. The van der Waals surface area contributed by atoms with Crippen LogP contribution in [0.1, 0.15) is 39.5 Å². The maximum Gasteiger partial charge on any atom is 0.239 e. The molecule has 1 saturated heterocycles. The highest BCUT2D eigenvalue weighted by atomic mass is 16.2. The summed E-state index contributed by atoms with van der Waals surface area (Å²) in [6.07, 6.45) is 5.04. The van der Waals surface area contributed by atoms with Crippen molar-refractivity contribution in [3.05, 3.63) is 0 Å². The van der Waals surface area contributed by atoms with Crippen LogP contribution in [0.15, 0.2) is 0 Å². The number of carbonyl (C=O) groups is 1. The molecule has 0 radical (unpaired) electrons. The largest absolute Gasteiger partial charge is 0.339 e. The Hall–Kier alpha value is -0.610. The third-order valence-corrected chi connectivity index (χ3v) is 4.76. The highest BCUT2D eigenvalue weighted by Crippen LogP contribution is 2.25. The van der Waals surface area contributed by atoms with Gasteiger partial charge in [0.05, 0.1) is 6.04 Å². The van der Waals surface area contributed by atoms with Crippen LogP contribution in [0.4, 0.5) is 0 Å². The zero-order valence-corrected chi connectivity index (χ0v) is 11.8. The smallest absolute Gasteiger partial charge is 0.239 e. The van der Waals surface area contributed by atoms with Crippen molar-refractivity contribution in [2.75, 3.05) is 26.2 Å². The Morgan fingerprint density at radius 3 is 2.33 bits per heavy atom. The molecule has 2 unspecified atom stereocenters. The Morgan fingerprint density at radius 1 is 1.28 bits per heavy atom. The molecule has 2 atom stereocenters. The second-order valence-electron chi connectivity index (χ2n) is 5.86. The van der Waals surface area contributed by atoms with Gasteiger partial charge >= 0.3 is 0 Å². The standard InChI is InChI=1S/C14H27N3O/c1-3-11(2)13(15)14(18)17-9-7-16(8-10-17)12-5-4-6-12/h11-13H,3-10,15H2,1-2H3. The van der Waals surface area contributed by atoms with Gasteiger partial charge in [-0.2, -0.15) is 0 Å². The first-order valence-electron chi connectivity index (χ1n) is 7.42. The van der Waals surface area contributed by atoms with E-state index in [4.69, 9.17) is 5.73 Å². The summed E-state index contributed by atoms with van der Waals surface area (Å²) in [7, 11) is 0. The molecule has 2 aliphatic rings. The van der Waals surface area contributed by atoms with E-state index in [1.54, 1.807) is 0 Å². The zero-order chi connectivity index (χ0) is 13.1. The highest BCUT2D eigenvalue weighted by molar-refractivity contribution is 5.82. The van der Waals surface area contributed by atoms with Crippen LogP contribution in [0.3, 0.4) is 0 Å². The van der Waals surface area contributed by atoms with E-state index in [0.717, 1.165) is 38.6 Å². The van der Waals surface area contributed by atoms with Crippen LogP contribution in [-0.4, -0.2) is 54.0 Å². The second kappa shape index (κ2) is 6.02. The molecule has 4 nitrogen and oxygen atoms in total. The first-order chi connectivity index (χ1) is 8.63. The Labute approximate surface area is 110 Å². The Bertz CT molecular complexity index is 283. The van der Waals surface area contributed by atoms with Crippen molar-refractivity contribution >= 4 is 5.91 Å². The maximum atomic E-state index is 12.2. The maximum absolute atomic E-state index is 12.2. The van der Waals surface area contributed by atoms with E-state index in [0.29, 0.717) is 0 Å². The number of piperazine rings is 1. The summed E-state index contributed by atoms with van der Waals surface area (Å²) in [5.41, 5.74) is 6.03. The molecule has 0 spiro atoms. The minimum Gasteiger partial charge on any atom is -0.339 e. The van der Waals surface area contributed by atoms with Crippen molar-refractivity contribution in [3.63, 3.8) is 0 Å². The normalized spacial score (nSPS) is 25.6. The number of nitrogens with two attached hydrogens (primary N) is 1. The molecule has 0 aromatic heterocycles. The fraction of sp³-hybridized carbons (Fsp3) is 0.929. The van der Waals surface area contributed by atoms with Crippen molar-refractivity contribution in [3.8, 4) is 0 Å². The van der Waals surface area contributed by atoms with E-state index < -0.39 is 0 Å². The van der Waals surface area contributed by atoms with Gasteiger partial charge in [0.25, 0.3) is 0 Å². The van der Waals surface area contributed by atoms with E-state index in [1.807, 2.05) is 4.90 Å². The Kier molecular flexibility index (Phi) is 4.62. The van der Waals surface area contributed by atoms with Gasteiger partial charge in [0, 0.05) is 32.2 Å². The minimum atomic E-state index is -0.315. The first-order valence-corrected chi connectivity index (χ1v) is 7.42. The zero-order valence-electron chi connectivity index (χ0n) is 11.8. The lowest BCUT2D eigenvalue weighted by Gasteiger charge is -2.43. The van der Waals surface area contributed by atoms with Gasteiger partial charge in [0.15, 0.2) is 0 Å². The van der Waals surface area contributed by atoms with Gasteiger partial charge in [0.1, 0.15) is 0 Å². The number of hydrogen-bond acceptors (Lipinski definition) is 3. The molecule has 2 fully saturated rings. The molecule has 1 heterocycles. The first kappa shape index (κ1) is 13.8. The van der Waals surface area contributed by atoms with Gasteiger partial charge < -0.3 is 10.6 Å². The molecule has 1 aliphatic carbocycles. The Balaban J connectivity index is 1.79. The molecular weight excluding hydrogens is 226 g/mol. The summed E-state index contributed by atoms with van der Waals surface area (Å²) >= 11 is 0. The topological polar surface area (TPSA) is 49.6 Å². The van der Waals surface area contributed by atoms with Crippen molar-refractivity contribution in [2.24, 2.45) is 11.7 Å². The molecule has 4 heteroatoms. The van der Waals surface area contributed by atoms with Crippen LogP contribution < -0.4 is 5.73 Å². The summed E-state index contributed by atoms with van der Waals surface area (Å²) < 4.78 is 0. The number of amides is 1. The highest BCUT2D eigenvalue weighted by Gasteiger charge is 2.31. The molecular formula is C14H27N3O. The van der Waals surface area contributed by atoms with Crippen molar-refractivity contribution in [1.82, 2.24) is 9.80 Å². The predicted molar refractivity (Wildman–Crippen MR) is 73.2 cm³/mol. The summed E-state index contributed by atoms with van der Waals surface area (Å²) in [5.74, 6) is 0.430. The molecule has 104 valence electrons. The van der Waals surface area contributed by atoms with E-state index in [9.17, 15) is 4.79 Å². The second-order valence-corrected chi connectivity index (χ2v) is 5.86. The number of nitrogens with zero attached hydrogens (tertiary/aromatic N) is 2. The average Bonchev–Trinajstić information content (AvgIpc) is 2.35. The lowest BCUT2D eigenvalue weighted by atomic mass is 9.91. The molecule has 1 aliphatic heterocycles. The van der Waals surface area contributed by atoms with E-state index in [1.165, 1.54) is 19.3 Å². The van der Waals surface area contributed by atoms with Crippen LogP contribution in [0.25, 0.3) is 0 Å². The SMILES string of the molecule is CCC(C)C(N)C(=O)N1CCN(C2CCC2)CC1. The molecule has 2 rings (SSSR count). The van der Waals surface area contributed by atoms with Crippen LogP contribution in [0.5, 0.6) is 0 Å². The summed E-state index contributed by atoms with van der Waals surface area (Å²) in [4.78, 5) is 16.7. The fourth-order valence-corrected chi connectivity index (χ4v) is 2.77. The quantitative estimate of drug-likeness (QED) is 0.815. The summed E-state index contributed by atoms with van der Waals surface area (Å²) in [6.45, 7) is 7.94. The average molecular weight is 253 g/mol. The monoisotopic (exact) mass is 253 g/mol. The molecule has 0 bridgehead atoms. The van der Waals surface area contributed by atoms with Gasteiger partial charge in [-0.1, -0.05) is 26.7 Å². The van der Waals surface area contributed by atoms with Gasteiger partial charge in [-0.25, -0.2) is 0 Å². The van der Waals surface area contributed by atoms with Crippen LogP contribution in [0, 0.1) is 5.92 Å². The number of rotatable bonds is 4. The van der Waals surface area contributed by atoms with Gasteiger partial charge in [-0.3, -0.25) is 9.69 Å². The van der Waals surface area contributed by atoms with Gasteiger partial charge in [0.2, 0.25) is 5.91 Å². The molecule has 0 aromatic carbocycles. The van der Waals surface area contributed by atoms with E-state index in [-0.39, 0.29) is 17.9 Å². The lowest BCUT2D eigenvalue weighted by Crippen LogP contribution is -2.57. The summed E-state index contributed by atoms with van der Waals surface area (Å²) in [5, 5.41) is 0. The van der Waals surface area contributed by atoms with Crippen LogP contribution in [0.2, 0.25) is 0 Å². The lowest BCUT2D eigenvalue weighted by molar-refractivity contribution is -0.136. The minimum absolute atomic E-state index is 0.151. The molecule has 1 amide bonds. The van der Waals surface area contributed by atoms with Crippen molar-refractivity contribution < 1.29 is 4.79 Å². The summed E-state index contributed by atoms with van der Waals surface area (Å²) in [6, 6.07) is 0.482. The van der Waals surface area contributed by atoms with Crippen LogP contribution in [-0.2, 0) is 4.79 Å². The van der Waals surface area contributed by atoms with Gasteiger partial charge in [-0.15, -0.1) is 0 Å². The fourth-order valence-electron chi connectivity index (χ4n) is 2.77. The van der Waals surface area contributed by atoms with E-state index >= 15 is 0 Å². The Morgan fingerprint density at radius 2 is 1.89 bits per heavy atom. The van der Waals surface area contributed by atoms with E-state index in [2.05, 4.69) is 18.7 Å². The number of carbonyl (C=O) groups excluding carboxylic acids is 1.